The zero-order valence-corrected chi connectivity index (χ0v) is 19.9. The molecule has 0 radical (unpaired) electrons. The number of amides is 1. The first-order valence-corrected chi connectivity index (χ1v) is 11.4. The molecule has 4 rings (SSSR count). The van der Waals surface area contributed by atoms with E-state index in [1.807, 2.05) is 6.92 Å². The third-order valence-electron chi connectivity index (χ3n) is 5.43. The number of anilines is 1. The summed E-state index contributed by atoms with van der Waals surface area (Å²) in [6, 6.07) is 10.5. The Bertz CT molecular complexity index is 1330. The van der Waals surface area contributed by atoms with E-state index in [4.69, 9.17) is 9.47 Å². The number of hydrogen-bond donors (Lipinski definition) is 1. The number of benzene rings is 2. The second-order valence-electron chi connectivity index (χ2n) is 7.58. The van der Waals surface area contributed by atoms with Gasteiger partial charge in [0.15, 0.2) is 5.13 Å². The minimum atomic E-state index is -1.10. The molecule has 1 atom stereocenters. The van der Waals surface area contributed by atoms with Gasteiger partial charge in [-0.2, -0.15) is 0 Å². The van der Waals surface area contributed by atoms with Crippen molar-refractivity contribution < 1.29 is 33.4 Å². The summed E-state index contributed by atoms with van der Waals surface area (Å²) in [6.07, 6.45) is 0. The van der Waals surface area contributed by atoms with Crippen LogP contribution in [0.5, 0.6) is 5.75 Å². The van der Waals surface area contributed by atoms with E-state index in [0.29, 0.717) is 29.2 Å². The summed E-state index contributed by atoms with van der Waals surface area (Å²) in [5, 5.41) is 11.2. The molecule has 2 heterocycles. The predicted molar refractivity (Wildman–Crippen MR) is 127 cm³/mol. The van der Waals surface area contributed by atoms with Gasteiger partial charge in [0.1, 0.15) is 22.2 Å². The second kappa shape index (κ2) is 9.67. The molecule has 1 fully saturated rings. The Kier molecular flexibility index (Phi) is 6.65. The van der Waals surface area contributed by atoms with Gasteiger partial charge in [0, 0.05) is 5.56 Å². The minimum absolute atomic E-state index is 0.0741. The zero-order valence-electron chi connectivity index (χ0n) is 19.1. The summed E-state index contributed by atoms with van der Waals surface area (Å²) in [5.74, 6) is -2.82. The van der Waals surface area contributed by atoms with Crippen LogP contribution in [0.1, 0.15) is 39.5 Å². The Labute approximate surface area is 204 Å². The van der Waals surface area contributed by atoms with Crippen LogP contribution in [0.15, 0.2) is 54.1 Å². The Morgan fingerprint density at radius 3 is 2.40 bits per heavy atom. The summed E-state index contributed by atoms with van der Waals surface area (Å²) in [7, 11) is 1.22. The number of thiazole rings is 1. The SMILES string of the molecule is CCOc1ccc(/C(O)=C2\C(=O)C(=O)N(c3nc(C)c(C(=O)OC)s3)[C@H]2c2ccc(F)cc2)cc1. The van der Waals surface area contributed by atoms with E-state index in [-0.39, 0.29) is 15.6 Å². The van der Waals surface area contributed by atoms with Gasteiger partial charge in [-0.25, -0.2) is 14.2 Å². The van der Waals surface area contributed by atoms with Crippen molar-refractivity contribution in [2.75, 3.05) is 18.6 Å². The van der Waals surface area contributed by atoms with Crippen molar-refractivity contribution in [1.29, 1.82) is 0 Å². The van der Waals surface area contributed by atoms with Crippen molar-refractivity contribution in [1.82, 2.24) is 4.98 Å². The Balaban J connectivity index is 1.89. The van der Waals surface area contributed by atoms with E-state index in [0.717, 1.165) is 16.2 Å². The van der Waals surface area contributed by atoms with Crippen LogP contribution in [-0.4, -0.2) is 41.5 Å². The number of carbonyl (C=O) groups is 3. The van der Waals surface area contributed by atoms with E-state index in [1.54, 1.807) is 31.2 Å². The molecular weight excluding hydrogens is 475 g/mol. The summed E-state index contributed by atoms with van der Waals surface area (Å²) in [4.78, 5) is 44.1. The highest BCUT2D eigenvalue weighted by molar-refractivity contribution is 7.17. The maximum absolute atomic E-state index is 13.7. The van der Waals surface area contributed by atoms with Crippen LogP contribution in [0.2, 0.25) is 0 Å². The summed E-state index contributed by atoms with van der Waals surface area (Å²) in [5.41, 5.74) is 0.816. The van der Waals surface area contributed by atoms with Gasteiger partial charge in [0.2, 0.25) is 0 Å². The van der Waals surface area contributed by atoms with Gasteiger partial charge >= 0.3 is 11.9 Å². The maximum Gasteiger partial charge on any atom is 0.350 e. The number of esters is 1. The number of methoxy groups -OCH3 is 1. The van der Waals surface area contributed by atoms with Crippen LogP contribution in [-0.2, 0) is 14.3 Å². The standard InChI is InChI=1S/C25H21FN2O6S/c1-4-34-17-11-7-15(8-12-17)20(29)18-19(14-5-9-16(26)10-6-14)28(23(31)21(18)30)25-27-13(2)22(35-25)24(32)33-3/h5-12,19,29H,4H2,1-3H3/b20-18+/t19-/m0/s1. The van der Waals surface area contributed by atoms with Gasteiger partial charge in [-0.05, 0) is 55.8 Å². The number of ether oxygens (including phenoxy) is 2. The van der Waals surface area contributed by atoms with Crippen LogP contribution in [0, 0.1) is 12.7 Å². The zero-order chi connectivity index (χ0) is 25.3. The maximum atomic E-state index is 13.7. The minimum Gasteiger partial charge on any atom is -0.507 e. The van der Waals surface area contributed by atoms with Gasteiger partial charge < -0.3 is 14.6 Å². The van der Waals surface area contributed by atoms with E-state index in [2.05, 4.69) is 4.98 Å². The number of rotatable bonds is 6. The van der Waals surface area contributed by atoms with Crippen LogP contribution in [0.25, 0.3) is 5.76 Å². The molecule has 1 aliphatic heterocycles. The molecule has 1 aliphatic rings. The number of Topliss-reactive ketones (excluding diaryl/α,β-unsaturated/α-hetero) is 1. The van der Waals surface area contributed by atoms with Gasteiger partial charge in [0.05, 0.1) is 31.0 Å². The lowest BCUT2D eigenvalue weighted by molar-refractivity contribution is -0.132. The molecule has 2 aromatic carbocycles. The first-order valence-electron chi connectivity index (χ1n) is 10.6. The van der Waals surface area contributed by atoms with Gasteiger partial charge in [-0.1, -0.05) is 23.5 Å². The lowest BCUT2D eigenvalue weighted by Gasteiger charge is -2.23. The highest BCUT2D eigenvalue weighted by Gasteiger charge is 2.48. The van der Waals surface area contributed by atoms with Crippen molar-refractivity contribution in [2.45, 2.75) is 19.9 Å². The fourth-order valence-corrected chi connectivity index (χ4v) is 4.80. The molecule has 8 nitrogen and oxygen atoms in total. The number of aliphatic hydroxyl groups is 1. The molecular formula is C25H21FN2O6S. The molecule has 1 N–H and O–H groups in total. The molecule has 10 heteroatoms. The van der Waals surface area contributed by atoms with Crippen molar-refractivity contribution in [3.05, 3.63) is 81.6 Å². The van der Waals surface area contributed by atoms with Gasteiger partial charge in [-0.3, -0.25) is 14.5 Å². The smallest absolute Gasteiger partial charge is 0.350 e. The van der Waals surface area contributed by atoms with E-state index < -0.39 is 35.3 Å². The van der Waals surface area contributed by atoms with Crippen molar-refractivity contribution in [3.63, 3.8) is 0 Å². The summed E-state index contributed by atoms with van der Waals surface area (Å²) >= 11 is 0.886. The van der Waals surface area contributed by atoms with Crippen LogP contribution in [0.4, 0.5) is 9.52 Å². The van der Waals surface area contributed by atoms with Crippen molar-refractivity contribution >= 4 is 39.9 Å². The second-order valence-corrected chi connectivity index (χ2v) is 8.56. The lowest BCUT2D eigenvalue weighted by Crippen LogP contribution is -2.29. The highest BCUT2D eigenvalue weighted by atomic mass is 32.1. The number of carbonyl (C=O) groups excluding carboxylic acids is 3. The van der Waals surface area contributed by atoms with E-state index in [1.165, 1.54) is 31.4 Å². The van der Waals surface area contributed by atoms with Crippen LogP contribution < -0.4 is 9.64 Å². The van der Waals surface area contributed by atoms with E-state index in [9.17, 15) is 23.9 Å². The quantitative estimate of drug-likeness (QED) is 0.233. The summed E-state index contributed by atoms with van der Waals surface area (Å²) in [6.45, 7) is 3.88. The first kappa shape index (κ1) is 24.1. The van der Waals surface area contributed by atoms with Gasteiger partial charge in [0.25, 0.3) is 5.78 Å². The van der Waals surface area contributed by atoms with Gasteiger partial charge in [-0.15, -0.1) is 0 Å². The molecule has 0 spiro atoms. The Morgan fingerprint density at radius 2 is 1.80 bits per heavy atom. The number of aliphatic hydroxyl groups excluding tert-OH is 1. The highest BCUT2D eigenvalue weighted by Crippen LogP contribution is 2.44. The molecule has 1 saturated heterocycles. The van der Waals surface area contributed by atoms with E-state index >= 15 is 0 Å². The fourth-order valence-electron chi connectivity index (χ4n) is 3.79. The average molecular weight is 497 g/mol. The fraction of sp³-hybridized carbons (Fsp3) is 0.200. The number of halogens is 1. The molecule has 35 heavy (non-hydrogen) atoms. The molecule has 0 unspecified atom stereocenters. The number of aryl methyl sites for hydroxylation is 1. The molecule has 0 saturated carbocycles. The topological polar surface area (TPSA) is 106 Å². The normalized spacial score (nSPS) is 17.0. The van der Waals surface area contributed by atoms with Crippen molar-refractivity contribution in [2.24, 2.45) is 0 Å². The number of hydrogen-bond acceptors (Lipinski definition) is 8. The number of ketones is 1. The molecule has 1 aromatic heterocycles. The molecule has 0 aliphatic carbocycles. The Hall–Kier alpha value is -4.05. The average Bonchev–Trinajstić information content (AvgIpc) is 3.36. The Morgan fingerprint density at radius 1 is 1.14 bits per heavy atom. The molecule has 3 aromatic rings. The molecule has 1 amide bonds. The lowest BCUT2D eigenvalue weighted by atomic mass is 9.95. The van der Waals surface area contributed by atoms with Crippen molar-refractivity contribution in [3.8, 4) is 5.75 Å². The monoisotopic (exact) mass is 496 g/mol. The van der Waals surface area contributed by atoms with Crippen LogP contribution >= 0.6 is 11.3 Å². The molecule has 180 valence electrons. The van der Waals surface area contributed by atoms with Crippen LogP contribution in [0.3, 0.4) is 0 Å². The number of aromatic nitrogens is 1. The number of nitrogens with zero attached hydrogens (tertiary/aromatic N) is 2. The summed E-state index contributed by atoms with van der Waals surface area (Å²) < 4.78 is 23.9. The third kappa shape index (κ3) is 4.40. The molecule has 0 bridgehead atoms. The predicted octanol–water partition coefficient (Wildman–Crippen LogP) is 4.40. The third-order valence-corrected chi connectivity index (χ3v) is 6.57. The first-order chi connectivity index (χ1) is 16.8. The largest absolute Gasteiger partial charge is 0.507 e.